The third kappa shape index (κ3) is 1.07. The molecule has 1 aliphatic heterocycles. The molecule has 3 rings (SSSR count). The summed E-state index contributed by atoms with van der Waals surface area (Å²) >= 11 is 0. The Labute approximate surface area is 91.5 Å². The van der Waals surface area contributed by atoms with Crippen molar-refractivity contribution >= 4 is 0 Å². The van der Waals surface area contributed by atoms with E-state index in [1.165, 1.54) is 12.0 Å². The average molecular weight is 202 g/mol. The second-order valence-corrected chi connectivity index (χ2v) is 5.23. The van der Waals surface area contributed by atoms with Crippen molar-refractivity contribution in [2.24, 2.45) is 11.8 Å². The van der Waals surface area contributed by atoms with E-state index in [0.29, 0.717) is 5.41 Å². The zero-order chi connectivity index (χ0) is 10.5. The Morgan fingerprint density at radius 1 is 1.20 bits per heavy atom. The predicted octanol–water partition coefficient (Wildman–Crippen LogP) is 3.13. The van der Waals surface area contributed by atoms with Crippen molar-refractivity contribution in [3.8, 4) is 0 Å². The van der Waals surface area contributed by atoms with Gasteiger partial charge in [0, 0.05) is 5.41 Å². The zero-order valence-electron chi connectivity index (χ0n) is 9.49. The lowest BCUT2D eigenvalue weighted by Crippen LogP contribution is -2.55. The topological polar surface area (TPSA) is 9.23 Å². The predicted molar refractivity (Wildman–Crippen MR) is 60.7 cm³/mol. The molecular formula is C14H18O. The molecule has 1 unspecified atom stereocenters. The SMILES string of the molecule is C[C@@H]1C[C@H](C)C12COCc1ccccc12. The summed E-state index contributed by atoms with van der Waals surface area (Å²) in [6.07, 6.45) is 1.34. The normalized spacial score (nSPS) is 38.5. The number of fused-ring (bicyclic) bond motifs is 2. The molecule has 0 bridgehead atoms. The second-order valence-electron chi connectivity index (χ2n) is 5.23. The summed E-state index contributed by atoms with van der Waals surface area (Å²) in [7, 11) is 0. The van der Waals surface area contributed by atoms with Gasteiger partial charge < -0.3 is 4.74 Å². The Balaban J connectivity index is 2.13. The standard InChI is InChI=1S/C14H18O/c1-10-7-11(2)14(10)9-15-8-12-5-3-4-6-13(12)14/h3-6,10-11H,7-9H2,1-2H3/t10-,11+,14?. The summed E-state index contributed by atoms with van der Waals surface area (Å²) in [6, 6.07) is 8.82. The van der Waals surface area contributed by atoms with E-state index in [1.807, 2.05) is 0 Å². The molecule has 1 nitrogen and oxygen atoms in total. The van der Waals surface area contributed by atoms with Gasteiger partial charge in [-0.2, -0.15) is 0 Å². The molecule has 1 heterocycles. The number of hydrogen-bond acceptors (Lipinski definition) is 1. The number of rotatable bonds is 0. The zero-order valence-corrected chi connectivity index (χ0v) is 9.49. The van der Waals surface area contributed by atoms with Gasteiger partial charge in [0.05, 0.1) is 13.2 Å². The maximum atomic E-state index is 5.79. The minimum Gasteiger partial charge on any atom is -0.376 e. The molecule has 15 heavy (non-hydrogen) atoms. The molecule has 3 atom stereocenters. The van der Waals surface area contributed by atoms with Gasteiger partial charge in [0.2, 0.25) is 0 Å². The first-order chi connectivity index (χ1) is 7.25. The van der Waals surface area contributed by atoms with Crippen LogP contribution < -0.4 is 0 Å². The van der Waals surface area contributed by atoms with Crippen LogP contribution in [0.25, 0.3) is 0 Å². The molecule has 1 heteroatoms. The van der Waals surface area contributed by atoms with Crippen molar-refractivity contribution in [2.45, 2.75) is 32.3 Å². The fourth-order valence-electron chi connectivity index (χ4n) is 3.60. The van der Waals surface area contributed by atoms with Crippen molar-refractivity contribution < 1.29 is 4.74 Å². The highest BCUT2D eigenvalue weighted by Crippen LogP contribution is 2.55. The third-order valence-electron chi connectivity index (χ3n) is 4.58. The number of hydrogen-bond donors (Lipinski definition) is 0. The quantitative estimate of drug-likeness (QED) is 0.628. The summed E-state index contributed by atoms with van der Waals surface area (Å²) in [4.78, 5) is 0. The van der Waals surface area contributed by atoms with Crippen molar-refractivity contribution in [2.75, 3.05) is 6.61 Å². The van der Waals surface area contributed by atoms with E-state index in [4.69, 9.17) is 4.74 Å². The second kappa shape index (κ2) is 3.08. The van der Waals surface area contributed by atoms with E-state index in [9.17, 15) is 0 Å². The van der Waals surface area contributed by atoms with E-state index in [0.717, 1.165) is 25.0 Å². The summed E-state index contributed by atoms with van der Waals surface area (Å²) in [5.41, 5.74) is 3.29. The highest BCUT2D eigenvalue weighted by atomic mass is 16.5. The van der Waals surface area contributed by atoms with E-state index >= 15 is 0 Å². The van der Waals surface area contributed by atoms with E-state index in [-0.39, 0.29) is 0 Å². The maximum absolute atomic E-state index is 5.79. The molecule has 0 N–H and O–H groups in total. The first kappa shape index (κ1) is 9.41. The molecule has 0 saturated heterocycles. The van der Waals surface area contributed by atoms with Crippen LogP contribution in [-0.2, 0) is 16.8 Å². The van der Waals surface area contributed by atoms with Crippen LogP contribution in [0.2, 0.25) is 0 Å². The molecule has 1 aromatic rings. The molecule has 80 valence electrons. The smallest absolute Gasteiger partial charge is 0.0720 e. The van der Waals surface area contributed by atoms with Gasteiger partial charge >= 0.3 is 0 Å². The van der Waals surface area contributed by atoms with Crippen molar-refractivity contribution in [1.82, 2.24) is 0 Å². The van der Waals surface area contributed by atoms with E-state index < -0.39 is 0 Å². The lowest BCUT2D eigenvalue weighted by Gasteiger charge is -2.56. The van der Waals surface area contributed by atoms with Gasteiger partial charge in [-0.25, -0.2) is 0 Å². The van der Waals surface area contributed by atoms with Gasteiger partial charge in [-0.1, -0.05) is 38.1 Å². The fraction of sp³-hybridized carbons (Fsp3) is 0.571. The van der Waals surface area contributed by atoms with Gasteiger partial charge in [-0.15, -0.1) is 0 Å². The van der Waals surface area contributed by atoms with Crippen LogP contribution in [0.5, 0.6) is 0 Å². The largest absolute Gasteiger partial charge is 0.376 e. The molecular weight excluding hydrogens is 184 g/mol. The Bertz CT molecular complexity index is 375. The molecule has 1 spiro atoms. The van der Waals surface area contributed by atoms with Crippen LogP contribution in [0.1, 0.15) is 31.4 Å². The van der Waals surface area contributed by atoms with Crippen molar-refractivity contribution in [1.29, 1.82) is 0 Å². The molecule has 0 amide bonds. The van der Waals surface area contributed by atoms with E-state index in [2.05, 4.69) is 38.1 Å². The molecule has 0 aromatic heterocycles. The lowest BCUT2D eigenvalue weighted by molar-refractivity contribution is -0.0580. The van der Waals surface area contributed by atoms with Gasteiger partial charge in [0.25, 0.3) is 0 Å². The van der Waals surface area contributed by atoms with Crippen LogP contribution in [0, 0.1) is 11.8 Å². The molecule has 1 fully saturated rings. The first-order valence-corrected chi connectivity index (χ1v) is 5.91. The summed E-state index contributed by atoms with van der Waals surface area (Å²) in [5, 5.41) is 0. The van der Waals surface area contributed by atoms with Crippen LogP contribution >= 0.6 is 0 Å². The number of benzene rings is 1. The summed E-state index contributed by atoms with van der Waals surface area (Å²) in [5.74, 6) is 1.54. The molecule has 1 saturated carbocycles. The Morgan fingerprint density at radius 2 is 1.93 bits per heavy atom. The summed E-state index contributed by atoms with van der Waals surface area (Å²) < 4.78 is 5.79. The molecule has 1 aromatic carbocycles. The van der Waals surface area contributed by atoms with E-state index in [1.54, 1.807) is 5.56 Å². The third-order valence-corrected chi connectivity index (χ3v) is 4.58. The first-order valence-electron chi connectivity index (χ1n) is 5.91. The molecule has 2 aliphatic rings. The molecule has 0 radical (unpaired) electrons. The minimum atomic E-state index is 0.328. The van der Waals surface area contributed by atoms with Crippen molar-refractivity contribution in [3.05, 3.63) is 35.4 Å². The van der Waals surface area contributed by atoms with Gasteiger partial charge in [-0.05, 0) is 29.4 Å². The van der Waals surface area contributed by atoms with Crippen LogP contribution in [0.4, 0.5) is 0 Å². The highest BCUT2D eigenvalue weighted by molar-refractivity contribution is 5.39. The Morgan fingerprint density at radius 3 is 2.67 bits per heavy atom. The Kier molecular flexibility index (Phi) is 1.93. The van der Waals surface area contributed by atoms with Gasteiger partial charge in [0.15, 0.2) is 0 Å². The fourth-order valence-corrected chi connectivity index (χ4v) is 3.60. The summed E-state index contributed by atoms with van der Waals surface area (Å²) in [6.45, 7) is 6.46. The van der Waals surface area contributed by atoms with Crippen LogP contribution in [0.15, 0.2) is 24.3 Å². The lowest BCUT2D eigenvalue weighted by atomic mass is 9.50. The molecule has 1 aliphatic carbocycles. The van der Waals surface area contributed by atoms with Crippen LogP contribution in [-0.4, -0.2) is 6.61 Å². The Hall–Kier alpha value is -0.820. The van der Waals surface area contributed by atoms with Gasteiger partial charge in [0.1, 0.15) is 0 Å². The highest BCUT2D eigenvalue weighted by Gasteiger charge is 2.53. The van der Waals surface area contributed by atoms with Gasteiger partial charge in [-0.3, -0.25) is 0 Å². The van der Waals surface area contributed by atoms with Crippen molar-refractivity contribution in [3.63, 3.8) is 0 Å². The monoisotopic (exact) mass is 202 g/mol. The average Bonchev–Trinajstić information content (AvgIpc) is 2.28. The maximum Gasteiger partial charge on any atom is 0.0720 e. The number of ether oxygens (including phenoxy) is 1. The van der Waals surface area contributed by atoms with Crippen LogP contribution in [0.3, 0.4) is 0 Å². The minimum absolute atomic E-state index is 0.328.